The fourth-order valence-electron chi connectivity index (χ4n) is 2.46. The van der Waals surface area contributed by atoms with Gasteiger partial charge >= 0.3 is 5.97 Å². The van der Waals surface area contributed by atoms with Crippen LogP contribution >= 0.6 is 0 Å². The number of halogens is 1. The molecule has 0 spiro atoms. The molecule has 0 aromatic heterocycles. The third-order valence-electron chi connectivity index (χ3n) is 3.56. The predicted molar refractivity (Wildman–Crippen MR) is 103 cm³/mol. The lowest BCUT2D eigenvalue weighted by molar-refractivity contribution is -0.144. The SMILES string of the molecule is CC.CC.CCOC(=O)C1C=C(C2=C(C)C(F)=C(OCC)NC2)N(C)N1. The average molecular weight is 371 g/mol. The van der Waals surface area contributed by atoms with Crippen LogP contribution in [0.2, 0.25) is 0 Å². The number of esters is 1. The Bertz CT molecular complexity index is 556. The molecule has 0 aliphatic carbocycles. The Hall–Kier alpha value is -2.02. The molecule has 0 amide bonds. The first kappa shape index (κ1) is 24.0. The minimum absolute atomic E-state index is 0.167. The molecule has 150 valence electrons. The standard InChI is InChI=1S/C15H22FN3O3.2C2H6/c1-5-21-14-13(16)9(3)10(8-17-14)12-7-11(18-19(12)4)15(20)22-6-2;2*1-2/h7,11,17-18H,5-6,8H2,1-4H3;2*1-2H3. The van der Waals surface area contributed by atoms with Crippen LogP contribution in [0.25, 0.3) is 0 Å². The molecule has 0 saturated heterocycles. The van der Waals surface area contributed by atoms with Crippen molar-refractivity contribution >= 4 is 5.97 Å². The summed E-state index contributed by atoms with van der Waals surface area (Å²) >= 11 is 0. The molecule has 0 radical (unpaired) electrons. The molecule has 0 fully saturated rings. The van der Waals surface area contributed by atoms with E-state index >= 15 is 0 Å². The molecule has 2 aliphatic heterocycles. The summed E-state index contributed by atoms with van der Waals surface area (Å²) in [5, 5.41) is 4.64. The Labute approximate surface area is 157 Å². The first-order valence-electron chi connectivity index (χ1n) is 9.34. The van der Waals surface area contributed by atoms with E-state index < -0.39 is 11.9 Å². The van der Waals surface area contributed by atoms with Gasteiger partial charge in [-0.3, -0.25) is 0 Å². The second kappa shape index (κ2) is 12.4. The molecule has 0 bridgehead atoms. The van der Waals surface area contributed by atoms with Gasteiger partial charge in [-0.05, 0) is 32.4 Å². The van der Waals surface area contributed by atoms with Crippen LogP contribution in [0, 0.1) is 0 Å². The monoisotopic (exact) mass is 371 g/mol. The zero-order chi connectivity index (χ0) is 20.3. The molecule has 0 aromatic carbocycles. The Morgan fingerprint density at radius 1 is 1.27 bits per heavy atom. The van der Waals surface area contributed by atoms with E-state index in [0.29, 0.717) is 25.3 Å². The summed E-state index contributed by atoms with van der Waals surface area (Å²) in [4.78, 5) is 11.8. The van der Waals surface area contributed by atoms with Crippen molar-refractivity contribution in [2.45, 2.75) is 54.5 Å². The molecule has 26 heavy (non-hydrogen) atoms. The highest BCUT2D eigenvalue weighted by molar-refractivity contribution is 5.79. The van der Waals surface area contributed by atoms with E-state index in [1.807, 2.05) is 27.7 Å². The number of nitrogens with zero attached hydrogens (tertiary/aromatic N) is 1. The zero-order valence-electron chi connectivity index (χ0n) is 17.3. The summed E-state index contributed by atoms with van der Waals surface area (Å²) in [6, 6.07) is -0.555. The van der Waals surface area contributed by atoms with Gasteiger partial charge in [-0.25, -0.2) is 14.6 Å². The van der Waals surface area contributed by atoms with Gasteiger partial charge in [-0.2, -0.15) is 0 Å². The summed E-state index contributed by atoms with van der Waals surface area (Å²) in [6.07, 6.45) is 1.75. The predicted octanol–water partition coefficient (Wildman–Crippen LogP) is 3.40. The minimum atomic E-state index is -0.555. The number of hydrogen-bond donors (Lipinski definition) is 2. The zero-order valence-corrected chi connectivity index (χ0v) is 17.3. The summed E-state index contributed by atoms with van der Waals surface area (Å²) in [6.45, 7) is 14.4. The quantitative estimate of drug-likeness (QED) is 0.722. The van der Waals surface area contributed by atoms with E-state index in [9.17, 15) is 9.18 Å². The fourth-order valence-corrected chi connectivity index (χ4v) is 2.46. The van der Waals surface area contributed by atoms with Crippen LogP contribution in [-0.2, 0) is 14.3 Å². The first-order chi connectivity index (χ1) is 12.5. The van der Waals surface area contributed by atoms with Crippen molar-refractivity contribution < 1.29 is 18.7 Å². The Kier molecular flexibility index (Phi) is 11.4. The van der Waals surface area contributed by atoms with Crippen LogP contribution in [-0.4, -0.2) is 43.8 Å². The van der Waals surface area contributed by atoms with E-state index in [2.05, 4.69) is 10.7 Å². The van der Waals surface area contributed by atoms with E-state index in [-0.39, 0.29) is 11.9 Å². The number of allylic oxidation sites excluding steroid dienone is 2. The van der Waals surface area contributed by atoms with Crippen LogP contribution < -0.4 is 10.7 Å². The van der Waals surface area contributed by atoms with Gasteiger partial charge in [-0.1, -0.05) is 27.7 Å². The summed E-state index contributed by atoms with van der Waals surface area (Å²) < 4.78 is 24.5. The molecule has 7 heteroatoms. The van der Waals surface area contributed by atoms with Crippen molar-refractivity contribution in [1.82, 2.24) is 15.8 Å². The molecule has 2 aliphatic rings. The van der Waals surface area contributed by atoms with Crippen LogP contribution in [0.5, 0.6) is 0 Å². The first-order valence-corrected chi connectivity index (χ1v) is 9.34. The van der Waals surface area contributed by atoms with Crippen molar-refractivity contribution in [1.29, 1.82) is 0 Å². The van der Waals surface area contributed by atoms with Gasteiger partial charge in [-0.15, -0.1) is 0 Å². The van der Waals surface area contributed by atoms with Gasteiger partial charge in [0.1, 0.15) is 6.04 Å². The number of dihydropyridines is 1. The van der Waals surface area contributed by atoms with Crippen LogP contribution in [0.3, 0.4) is 0 Å². The molecular formula is C19H34FN3O3. The van der Waals surface area contributed by atoms with Gasteiger partial charge in [0, 0.05) is 19.2 Å². The maximum Gasteiger partial charge on any atom is 0.329 e. The maximum atomic E-state index is 14.3. The lowest BCUT2D eigenvalue weighted by Gasteiger charge is -2.26. The van der Waals surface area contributed by atoms with E-state index in [1.54, 1.807) is 38.9 Å². The third kappa shape index (κ3) is 5.76. The van der Waals surface area contributed by atoms with Crippen molar-refractivity contribution in [3.63, 3.8) is 0 Å². The highest BCUT2D eigenvalue weighted by Gasteiger charge is 2.31. The number of nitrogens with one attached hydrogen (secondary N) is 2. The molecule has 1 atom stereocenters. The third-order valence-corrected chi connectivity index (χ3v) is 3.56. The minimum Gasteiger partial charge on any atom is -0.477 e. The van der Waals surface area contributed by atoms with Crippen molar-refractivity contribution in [3.8, 4) is 0 Å². The lowest BCUT2D eigenvalue weighted by Crippen LogP contribution is -2.40. The number of rotatable bonds is 5. The van der Waals surface area contributed by atoms with Crippen molar-refractivity contribution in [2.24, 2.45) is 0 Å². The van der Waals surface area contributed by atoms with Crippen LogP contribution in [0.4, 0.5) is 4.39 Å². The summed E-state index contributed by atoms with van der Waals surface area (Å²) in [5.41, 5.74) is 5.04. The molecule has 2 rings (SSSR count). The van der Waals surface area contributed by atoms with Crippen LogP contribution in [0.1, 0.15) is 48.5 Å². The van der Waals surface area contributed by atoms with E-state index in [4.69, 9.17) is 9.47 Å². The second-order valence-corrected chi connectivity index (χ2v) is 5.00. The Morgan fingerprint density at radius 3 is 2.42 bits per heavy atom. The topological polar surface area (TPSA) is 62.8 Å². The molecule has 0 saturated carbocycles. The largest absolute Gasteiger partial charge is 0.477 e. The summed E-state index contributed by atoms with van der Waals surface area (Å²) in [5.74, 6) is -0.589. The van der Waals surface area contributed by atoms with Crippen molar-refractivity contribution in [2.75, 3.05) is 26.8 Å². The highest BCUT2D eigenvalue weighted by Crippen LogP contribution is 2.30. The molecular weight excluding hydrogens is 337 g/mol. The Morgan fingerprint density at radius 2 is 1.88 bits per heavy atom. The second-order valence-electron chi connectivity index (χ2n) is 5.00. The number of hydrogen-bond acceptors (Lipinski definition) is 6. The number of likely N-dealkylation sites (N-methyl/N-ethyl adjacent to an activating group) is 1. The van der Waals surface area contributed by atoms with Gasteiger partial charge in [0.25, 0.3) is 0 Å². The van der Waals surface area contributed by atoms with E-state index in [0.717, 1.165) is 11.3 Å². The van der Waals surface area contributed by atoms with E-state index in [1.165, 1.54) is 0 Å². The fraction of sp³-hybridized carbons (Fsp3) is 0.632. The van der Waals surface area contributed by atoms with Crippen LogP contribution in [0.15, 0.2) is 34.6 Å². The van der Waals surface area contributed by atoms with Gasteiger partial charge in [0.2, 0.25) is 5.88 Å². The lowest BCUT2D eigenvalue weighted by atomic mass is 10.0. The summed E-state index contributed by atoms with van der Waals surface area (Å²) in [7, 11) is 1.78. The number of carbonyl (C=O) groups is 1. The van der Waals surface area contributed by atoms with Crippen molar-refractivity contribution in [3.05, 3.63) is 34.6 Å². The number of carbonyl (C=O) groups excluding carboxylic acids is 1. The smallest absolute Gasteiger partial charge is 0.329 e. The van der Waals surface area contributed by atoms with Gasteiger partial charge in [0.15, 0.2) is 5.83 Å². The molecule has 0 aromatic rings. The normalized spacial score (nSPS) is 18.9. The molecule has 1 unspecified atom stereocenters. The average Bonchev–Trinajstić information content (AvgIpc) is 3.05. The highest BCUT2D eigenvalue weighted by atomic mass is 19.1. The number of hydrazine groups is 1. The Balaban J connectivity index is 0.00000146. The number of ether oxygens (including phenoxy) is 2. The maximum absolute atomic E-state index is 14.3. The van der Waals surface area contributed by atoms with Gasteiger partial charge in [0.05, 0.1) is 18.9 Å². The molecule has 2 heterocycles. The molecule has 6 nitrogen and oxygen atoms in total. The molecule has 2 N–H and O–H groups in total. The van der Waals surface area contributed by atoms with Gasteiger partial charge < -0.3 is 19.8 Å².